The smallest absolute Gasteiger partial charge is 0.328 e. The minimum atomic E-state index is -0.591. The van der Waals surface area contributed by atoms with Crippen LogP contribution in [0.5, 0.6) is 5.75 Å². The molecule has 3 fully saturated rings. The highest BCUT2D eigenvalue weighted by Crippen LogP contribution is 2.33. The number of nitrogens with one attached hydrogen (secondary N) is 1. The molecule has 30 heavy (non-hydrogen) atoms. The molecule has 0 aliphatic carbocycles. The van der Waals surface area contributed by atoms with Crippen LogP contribution in [0, 0.1) is 0 Å². The molecule has 10 heteroatoms. The average Bonchev–Trinajstić information content (AvgIpc) is 3.15. The fourth-order valence-corrected chi connectivity index (χ4v) is 4.44. The van der Waals surface area contributed by atoms with Crippen LogP contribution in [-0.2, 0) is 14.3 Å². The maximum Gasteiger partial charge on any atom is 0.328 e. The van der Waals surface area contributed by atoms with Gasteiger partial charge in [0.15, 0.2) is 0 Å². The number of carbonyl (C=O) groups is 3. The van der Waals surface area contributed by atoms with Crippen molar-refractivity contribution in [3.8, 4) is 5.75 Å². The highest BCUT2D eigenvalue weighted by atomic mass is 16.5. The first-order valence-electron chi connectivity index (χ1n) is 10.1. The largest absolute Gasteiger partial charge is 0.497 e. The summed E-state index contributed by atoms with van der Waals surface area (Å²) in [6.45, 7) is 3.04. The zero-order valence-corrected chi connectivity index (χ0v) is 17.4. The Morgan fingerprint density at radius 3 is 2.60 bits per heavy atom. The predicted octanol–water partition coefficient (Wildman–Crippen LogP) is 0.246. The van der Waals surface area contributed by atoms with Crippen LogP contribution in [0.2, 0.25) is 0 Å². The number of ether oxygens (including phenoxy) is 2. The van der Waals surface area contributed by atoms with Gasteiger partial charge < -0.3 is 19.3 Å². The number of hydrogen-bond acceptors (Lipinski definition) is 8. The fraction of sp³-hybridized carbons (Fsp3) is 0.550. The summed E-state index contributed by atoms with van der Waals surface area (Å²) in [5.74, 6) is -0.189. The van der Waals surface area contributed by atoms with Gasteiger partial charge >= 0.3 is 12.0 Å². The van der Waals surface area contributed by atoms with Crippen LogP contribution in [-0.4, -0.2) is 91.5 Å². The first-order valence-corrected chi connectivity index (χ1v) is 10.1. The number of anilines is 1. The van der Waals surface area contributed by atoms with Gasteiger partial charge in [0.1, 0.15) is 30.8 Å². The highest BCUT2D eigenvalue weighted by Gasteiger charge is 2.56. The van der Waals surface area contributed by atoms with Gasteiger partial charge in [-0.25, -0.2) is 4.79 Å². The molecule has 1 N–H and O–H groups in total. The van der Waals surface area contributed by atoms with Crippen molar-refractivity contribution in [3.05, 3.63) is 24.3 Å². The maximum atomic E-state index is 13.2. The molecule has 3 heterocycles. The standard InChI is InChI=1S/C20H27N5O5/c1-4-30-15(26)12-25-18(27)16-17(22(2)20(25)28)21-19-23(10-5-11-24(16)19)13-6-8-14(29-3)9-7-13/h6-9,16-17,19,21H,4-5,10-12H2,1-3H3. The predicted molar refractivity (Wildman–Crippen MR) is 108 cm³/mol. The number of hydrogen-bond donors (Lipinski definition) is 1. The molecule has 3 atom stereocenters. The van der Waals surface area contributed by atoms with Gasteiger partial charge in [0, 0.05) is 25.8 Å². The molecular weight excluding hydrogens is 390 g/mol. The van der Waals surface area contributed by atoms with Crippen LogP contribution >= 0.6 is 0 Å². The van der Waals surface area contributed by atoms with E-state index in [1.54, 1.807) is 21.1 Å². The molecule has 0 spiro atoms. The molecule has 162 valence electrons. The van der Waals surface area contributed by atoms with E-state index >= 15 is 0 Å². The highest BCUT2D eigenvalue weighted by molar-refractivity contribution is 6.02. The van der Waals surface area contributed by atoms with Crippen LogP contribution in [0.15, 0.2) is 24.3 Å². The number of benzene rings is 1. The van der Waals surface area contributed by atoms with Crippen LogP contribution in [0.1, 0.15) is 13.3 Å². The Labute approximate surface area is 175 Å². The third-order valence-electron chi connectivity index (χ3n) is 5.87. The minimum Gasteiger partial charge on any atom is -0.497 e. The Bertz CT molecular complexity index is 831. The monoisotopic (exact) mass is 417 g/mol. The number of esters is 1. The first kappa shape index (κ1) is 20.4. The van der Waals surface area contributed by atoms with Gasteiger partial charge in [-0.1, -0.05) is 0 Å². The molecular formula is C20H27N5O5. The van der Waals surface area contributed by atoms with E-state index in [1.807, 2.05) is 24.3 Å². The molecule has 0 saturated carbocycles. The van der Waals surface area contributed by atoms with E-state index in [9.17, 15) is 14.4 Å². The Balaban J connectivity index is 1.59. The number of rotatable bonds is 5. The lowest BCUT2D eigenvalue weighted by atomic mass is 10.1. The van der Waals surface area contributed by atoms with E-state index in [0.29, 0.717) is 6.54 Å². The average molecular weight is 417 g/mol. The van der Waals surface area contributed by atoms with Crippen LogP contribution < -0.4 is 15.0 Å². The Hall–Kier alpha value is -2.85. The van der Waals surface area contributed by atoms with E-state index in [2.05, 4.69) is 15.1 Å². The van der Waals surface area contributed by atoms with Gasteiger partial charge in [0.2, 0.25) is 0 Å². The van der Waals surface area contributed by atoms with Crippen LogP contribution in [0.3, 0.4) is 0 Å². The van der Waals surface area contributed by atoms with Crippen molar-refractivity contribution in [1.29, 1.82) is 0 Å². The molecule has 3 amide bonds. The molecule has 3 saturated heterocycles. The van der Waals surface area contributed by atoms with E-state index in [-0.39, 0.29) is 25.3 Å². The van der Waals surface area contributed by atoms with E-state index < -0.39 is 24.2 Å². The molecule has 0 bridgehead atoms. The molecule has 3 aliphatic rings. The topological polar surface area (TPSA) is 94.7 Å². The zero-order chi connectivity index (χ0) is 21.4. The quantitative estimate of drug-likeness (QED) is 0.682. The molecule has 1 aromatic carbocycles. The number of amides is 3. The van der Waals surface area contributed by atoms with Crippen molar-refractivity contribution in [2.45, 2.75) is 31.8 Å². The van der Waals surface area contributed by atoms with Crippen molar-refractivity contribution in [3.63, 3.8) is 0 Å². The molecule has 4 rings (SSSR count). The summed E-state index contributed by atoms with van der Waals surface area (Å²) in [4.78, 5) is 44.7. The van der Waals surface area contributed by atoms with Crippen molar-refractivity contribution in [2.75, 3.05) is 45.3 Å². The lowest BCUT2D eigenvalue weighted by molar-refractivity contribution is -0.151. The van der Waals surface area contributed by atoms with Crippen molar-refractivity contribution in [2.24, 2.45) is 0 Å². The van der Waals surface area contributed by atoms with Crippen LogP contribution in [0.25, 0.3) is 0 Å². The van der Waals surface area contributed by atoms with Gasteiger partial charge in [-0.2, -0.15) is 0 Å². The Morgan fingerprint density at radius 2 is 1.93 bits per heavy atom. The lowest BCUT2D eigenvalue weighted by Gasteiger charge is -2.43. The molecule has 0 radical (unpaired) electrons. The summed E-state index contributed by atoms with van der Waals surface area (Å²) in [6, 6.07) is 6.70. The normalized spacial score (nSPS) is 26.5. The minimum absolute atomic E-state index is 0.198. The maximum absolute atomic E-state index is 13.2. The Kier molecular flexibility index (Phi) is 5.52. The summed E-state index contributed by atoms with van der Waals surface area (Å²) >= 11 is 0. The Morgan fingerprint density at radius 1 is 1.20 bits per heavy atom. The van der Waals surface area contributed by atoms with Gasteiger partial charge in [0.25, 0.3) is 5.91 Å². The second kappa shape index (κ2) is 8.11. The second-order valence-electron chi connectivity index (χ2n) is 7.54. The molecule has 3 aliphatic heterocycles. The summed E-state index contributed by atoms with van der Waals surface area (Å²) in [5.41, 5.74) is 1.00. The number of methoxy groups -OCH3 is 1. The van der Waals surface area contributed by atoms with Crippen molar-refractivity contribution < 1.29 is 23.9 Å². The van der Waals surface area contributed by atoms with Crippen LogP contribution in [0.4, 0.5) is 10.5 Å². The van der Waals surface area contributed by atoms with Gasteiger partial charge in [-0.15, -0.1) is 0 Å². The van der Waals surface area contributed by atoms with E-state index in [0.717, 1.165) is 29.3 Å². The first-order chi connectivity index (χ1) is 14.5. The third-order valence-corrected chi connectivity index (χ3v) is 5.87. The number of likely N-dealkylation sites (N-methyl/N-ethyl adjacent to an activating group) is 1. The number of nitrogens with zero attached hydrogens (tertiary/aromatic N) is 4. The van der Waals surface area contributed by atoms with Crippen molar-refractivity contribution in [1.82, 2.24) is 20.0 Å². The molecule has 10 nitrogen and oxygen atoms in total. The summed E-state index contributed by atoms with van der Waals surface area (Å²) in [5, 5.41) is 3.44. The zero-order valence-electron chi connectivity index (χ0n) is 17.4. The number of imide groups is 1. The van der Waals surface area contributed by atoms with Crippen molar-refractivity contribution >= 4 is 23.6 Å². The SMILES string of the molecule is CCOC(=O)CN1C(=O)C2C(NC3N(c4ccc(OC)cc4)CCCN23)N(C)C1=O. The van der Waals surface area contributed by atoms with Gasteiger partial charge in [-0.05, 0) is 37.6 Å². The molecule has 1 aromatic rings. The third kappa shape index (κ3) is 3.35. The van der Waals surface area contributed by atoms with Gasteiger partial charge in [-0.3, -0.25) is 24.7 Å². The summed E-state index contributed by atoms with van der Waals surface area (Å²) in [7, 11) is 3.27. The molecule has 3 unspecified atom stereocenters. The van der Waals surface area contributed by atoms with E-state index in [1.165, 1.54) is 4.90 Å². The summed E-state index contributed by atoms with van der Waals surface area (Å²) < 4.78 is 10.2. The molecule has 0 aromatic heterocycles. The van der Waals surface area contributed by atoms with E-state index in [4.69, 9.17) is 9.47 Å². The van der Waals surface area contributed by atoms with Gasteiger partial charge in [0.05, 0.1) is 13.7 Å². The summed E-state index contributed by atoms with van der Waals surface area (Å²) in [6.07, 6.45) is 0.173. The number of fused-ring (bicyclic) bond motifs is 3. The number of carbonyl (C=O) groups excluding carboxylic acids is 3. The second-order valence-corrected chi connectivity index (χ2v) is 7.54. The lowest BCUT2D eigenvalue weighted by Crippen LogP contribution is -2.67. The fourth-order valence-electron chi connectivity index (χ4n) is 4.44. The number of urea groups is 1.